The van der Waals surface area contributed by atoms with E-state index in [4.69, 9.17) is 24.9 Å². The summed E-state index contributed by atoms with van der Waals surface area (Å²) in [5.74, 6) is 0. The Kier molecular flexibility index (Phi) is 22.8. The Labute approximate surface area is 825 Å². The summed E-state index contributed by atoms with van der Waals surface area (Å²) in [7, 11) is 0. The van der Waals surface area contributed by atoms with Crippen LogP contribution in [0.5, 0.6) is 0 Å². The molecule has 27 aromatic rings. The number of nitrogens with zero attached hydrogens (tertiary/aromatic N) is 21. The Morgan fingerprint density at radius 1 is 0.237 bits per heavy atom. The minimum atomic E-state index is 0. The molecule has 27 heteroatoms. The number of para-hydroxylation sites is 3. The van der Waals surface area contributed by atoms with Gasteiger partial charge >= 0.3 is 63.2 Å². The molecule has 0 aliphatic carbocycles. The van der Waals surface area contributed by atoms with Crippen LogP contribution in [0, 0.1) is 36.4 Å². The van der Waals surface area contributed by atoms with Crippen molar-refractivity contribution in [1.29, 1.82) is 0 Å². The number of hydrogen-bond acceptors (Lipinski definition) is 15. The van der Waals surface area contributed by atoms with Crippen molar-refractivity contribution >= 4 is 130 Å². The molecule has 21 nitrogen and oxygen atoms in total. The van der Waals surface area contributed by atoms with E-state index in [2.05, 4.69) is 262 Å². The molecule has 0 saturated heterocycles. The van der Waals surface area contributed by atoms with Crippen molar-refractivity contribution in [2.75, 3.05) is 0 Å². The van der Waals surface area contributed by atoms with Gasteiger partial charge in [-0.1, -0.05) is 82.9 Å². The quantitative estimate of drug-likeness (QED) is 0.0881. The van der Waals surface area contributed by atoms with E-state index in [0.717, 1.165) is 213 Å². The topological polar surface area (TPSA) is 199 Å². The van der Waals surface area contributed by atoms with Crippen LogP contribution in [0.1, 0.15) is 0 Å². The molecule has 0 aliphatic heterocycles. The SMILES string of the molecule is [Pt+2].[Pt+2].[Pt+2].[c-]1c(-c2ccc(-n3cccn3)cn2)ccc(-n2cccn2)c1-n1c2[c-]c(-c3nc4ccccc4s3)ccc2c2ccccc21.[c-]1c(-c2ccc(-n3cccn3)cn2)cccc1-n1c2[c-]c(-c3nc4ccccc4s3)ccc2c2cc(-n3cccn3)ccc21.[c-]1c(-c2ccccn2)cccc1-n1c2[c-]c(-c3nc4ccc(-n5cccn5)cc4s3)ccc2c2cc(-n3cccn3)ccc21. The average molecular weight is 2340 g/mol. The maximum Gasteiger partial charge on any atom is 2.00 e. The van der Waals surface area contributed by atoms with Crippen molar-refractivity contribution in [2.24, 2.45) is 0 Å². The van der Waals surface area contributed by atoms with Gasteiger partial charge in [0, 0.05) is 144 Å². The number of pyridine rings is 3. The molecule has 648 valence electrons. The molecule has 0 atom stereocenters. The van der Waals surface area contributed by atoms with E-state index in [9.17, 15) is 0 Å². The van der Waals surface area contributed by atoms with Gasteiger partial charge < -0.3 is 28.7 Å². The van der Waals surface area contributed by atoms with E-state index in [1.54, 1.807) is 80.6 Å². The number of rotatable bonds is 15. The first kappa shape index (κ1) is 85.0. The molecule has 135 heavy (non-hydrogen) atoms. The van der Waals surface area contributed by atoms with Crippen molar-refractivity contribution < 1.29 is 63.2 Å². The van der Waals surface area contributed by atoms with Gasteiger partial charge in [0.25, 0.3) is 0 Å². The molecule has 0 radical (unpaired) electrons. The first-order chi connectivity index (χ1) is 65.4. The average Bonchev–Trinajstić information content (AvgIpc) is 1.59. The van der Waals surface area contributed by atoms with E-state index >= 15 is 0 Å². The van der Waals surface area contributed by atoms with E-state index in [1.165, 1.54) is 0 Å². The van der Waals surface area contributed by atoms with E-state index in [0.29, 0.717) is 0 Å². The van der Waals surface area contributed by atoms with Crippen molar-refractivity contribution in [1.82, 2.24) is 102 Å². The molecule has 15 aromatic heterocycles. The summed E-state index contributed by atoms with van der Waals surface area (Å²) < 4.78 is 21.2. The summed E-state index contributed by atoms with van der Waals surface area (Å²) in [6.45, 7) is 0. The summed E-state index contributed by atoms with van der Waals surface area (Å²) in [6.07, 6.45) is 27.8. The molecule has 0 spiro atoms. The Balaban J connectivity index is 0.000000116. The van der Waals surface area contributed by atoms with Gasteiger partial charge in [0.2, 0.25) is 0 Å². The van der Waals surface area contributed by atoms with E-state index in [-0.39, 0.29) is 63.2 Å². The van der Waals surface area contributed by atoms with Gasteiger partial charge in [0.1, 0.15) is 0 Å². The van der Waals surface area contributed by atoms with Crippen LogP contribution in [0.2, 0.25) is 0 Å². The van der Waals surface area contributed by atoms with Crippen LogP contribution < -0.4 is 0 Å². The first-order valence-corrected chi connectivity index (χ1v) is 44.9. The Morgan fingerprint density at radius 3 is 1.10 bits per heavy atom. The molecular weight excluding hydrogens is 2270 g/mol. The standard InChI is InChI=1S/3C36H21N7S.3Pt/c1-3-9-31-27(7-1)28-14-11-25(36-40-30-8-2-4-10-35(30)44-36)22-33(28)43(31)34-21-24(12-16-32(34)42-20-6-18-39-42)29-15-13-26(23-37-29)41-19-5-17-38-41;1-2-15-37-31(8-1)24-6-3-7-28(20-24)43-33-14-11-26(41-18-4-16-38-41)22-30(33)29-12-9-25(21-34(29)43)36-40-32-13-10-27(23-35(32)44-36)42-19-5-17-39-42;1-2-9-35-32(8-1)40-36(44-35)25-10-13-29-30-22-26(41-18-4-16-38-41)12-15-33(30)43(34(29)21-25)27-7-3-6-24(20-27)31-14-11-28(23-37-31)42-19-5-17-39-42;;;/h1-20,23H;2*1-19,22-23H;;;/q3*-2;3*+2. The monoisotopic (exact) mass is 2330 g/mol. The number of benzene rings is 12. The largest absolute Gasteiger partial charge is 2.00 e. The van der Waals surface area contributed by atoms with Gasteiger partial charge in [-0.15, -0.1) is 155 Å². The molecule has 0 saturated carbocycles. The third-order valence-electron chi connectivity index (χ3n) is 23.3. The van der Waals surface area contributed by atoms with Crippen molar-refractivity contribution in [3.05, 3.63) is 421 Å². The predicted octanol–water partition coefficient (Wildman–Crippen LogP) is 24.3. The van der Waals surface area contributed by atoms with Crippen molar-refractivity contribution in [2.45, 2.75) is 0 Å². The zero-order valence-electron chi connectivity index (χ0n) is 70.4. The van der Waals surface area contributed by atoms with Crippen LogP contribution in [0.25, 0.3) is 213 Å². The minimum absolute atomic E-state index is 0. The van der Waals surface area contributed by atoms with Gasteiger partial charge in [0.15, 0.2) is 0 Å². The molecule has 0 aliphatic rings. The molecule has 12 aromatic carbocycles. The normalized spacial score (nSPS) is 11.4. The minimum Gasteiger partial charge on any atom is -0.346 e. The molecule has 0 bridgehead atoms. The fourth-order valence-corrected chi connectivity index (χ4v) is 20.0. The Bertz CT molecular complexity index is 8910. The summed E-state index contributed by atoms with van der Waals surface area (Å²) in [6, 6.07) is 121. The molecule has 0 fully saturated rings. The second kappa shape index (κ2) is 36.2. The van der Waals surface area contributed by atoms with Crippen LogP contribution in [0.4, 0.5) is 0 Å². The number of hydrogen-bond donors (Lipinski definition) is 0. The molecular formula is C108H63N21Pt3S3. The Hall–Kier alpha value is -15.5. The van der Waals surface area contributed by atoms with Gasteiger partial charge in [-0.3, -0.25) is 19.6 Å². The molecule has 0 N–H and O–H groups in total. The van der Waals surface area contributed by atoms with Gasteiger partial charge in [0.05, 0.1) is 45.0 Å². The van der Waals surface area contributed by atoms with Crippen LogP contribution in [0.15, 0.2) is 384 Å². The zero-order chi connectivity index (χ0) is 87.1. The second-order valence-electron chi connectivity index (χ2n) is 31.2. The van der Waals surface area contributed by atoms with Crippen LogP contribution in [-0.4, -0.2) is 102 Å². The zero-order valence-corrected chi connectivity index (χ0v) is 79.7. The summed E-state index contributed by atoms with van der Waals surface area (Å²) >= 11 is 5.02. The first-order valence-electron chi connectivity index (χ1n) is 42.4. The molecule has 27 rings (SSSR count). The van der Waals surface area contributed by atoms with Crippen molar-refractivity contribution in [3.8, 4) is 117 Å². The van der Waals surface area contributed by atoms with Gasteiger partial charge in [-0.05, 0) is 206 Å². The van der Waals surface area contributed by atoms with E-state index < -0.39 is 0 Å². The maximum absolute atomic E-state index is 4.99. The van der Waals surface area contributed by atoms with Crippen LogP contribution >= 0.6 is 34.0 Å². The number of aromatic nitrogens is 21. The maximum atomic E-state index is 4.99. The summed E-state index contributed by atoms with van der Waals surface area (Å²) in [5.41, 5.74) is 25.5. The predicted molar refractivity (Wildman–Crippen MR) is 524 cm³/mol. The van der Waals surface area contributed by atoms with Gasteiger partial charge in [-0.2, -0.15) is 64.6 Å². The fraction of sp³-hybridized carbons (Fsp3) is 0. The van der Waals surface area contributed by atoms with Crippen molar-refractivity contribution in [3.63, 3.8) is 0 Å². The number of thiazole rings is 3. The van der Waals surface area contributed by atoms with Gasteiger partial charge in [-0.25, -0.2) is 23.4 Å². The van der Waals surface area contributed by atoms with Crippen LogP contribution in [0.3, 0.4) is 0 Å². The third-order valence-corrected chi connectivity index (χ3v) is 26.5. The Morgan fingerprint density at radius 2 is 0.630 bits per heavy atom. The van der Waals surface area contributed by atoms with Crippen LogP contribution in [-0.2, 0) is 63.2 Å². The summed E-state index contributed by atoms with van der Waals surface area (Å²) in [5, 5.41) is 36.0. The smallest absolute Gasteiger partial charge is 0.346 e. The fourth-order valence-electron chi connectivity index (χ4n) is 17.1. The third kappa shape index (κ3) is 15.8. The number of fused-ring (bicyclic) bond motifs is 12. The molecule has 15 heterocycles. The summed E-state index contributed by atoms with van der Waals surface area (Å²) in [4.78, 5) is 28.9. The molecule has 0 amide bonds. The second-order valence-corrected chi connectivity index (χ2v) is 34.3. The molecule has 0 unspecified atom stereocenters. The van der Waals surface area contributed by atoms with E-state index in [1.807, 2.05) is 190 Å².